The molecule has 0 radical (unpaired) electrons. The minimum atomic E-state index is -0.484. The van der Waals surface area contributed by atoms with E-state index in [2.05, 4.69) is 12.2 Å². The zero-order chi connectivity index (χ0) is 14.5. The molecule has 0 bridgehead atoms. The van der Waals surface area contributed by atoms with Crippen LogP contribution in [0.2, 0.25) is 0 Å². The number of carbonyl (C=O) groups excluding carboxylic acids is 1. The second-order valence-electron chi connectivity index (χ2n) is 6.27. The van der Waals surface area contributed by atoms with Crippen LogP contribution in [-0.4, -0.2) is 29.7 Å². The van der Waals surface area contributed by atoms with Gasteiger partial charge in [0, 0.05) is 6.54 Å². The van der Waals surface area contributed by atoms with Gasteiger partial charge in [0.25, 0.3) is 0 Å². The average Bonchev–Trinajstić information content (AvgIpc) is 2.46. The zero-order valence-electron chi connectivity index (χ0n) is 12.7. The van der Waals surface area contributed by atoms with E-state index in [0.717, 1.165) is 38.5 Å². The summed E-state index contributed by atoms with van der Waals surface area (Å²) < 4.78 is 0. The minimum Gasteiger partial charge on any atom is -0.394 e. The first-order chi connectivity index (χ1) is 8.97. The molecule has 1 aliphatic carbocycles. The van der Waals surface area contributed by atoms with E-state index >= 15 is 0 Å². The smallest absolute Gasteiger partial charge is 0.228 e. The number of aliphatic hydroxyl groups is 1. The van der Waals surface area contributed by atoms with Gasteiger partial charge < -0.3 is 16.2 Å². The molecule has 0 unspecified atom stereocenters. The van der Waals surface area contributed by atoms with Crippen molar-refractivity contribution in [3.05, 3.63) is 0 Å². The van der Waals surface area contributed by atoms with Crippen molar-refractivity contribution in [3.63, 3.8) is 0 Å². The first-order valence-electron chi connectivity index (χ1n) is 7.61. The Balaban J connectivity index is 2.79. The van der Waals surface area contributed by atoms with Crippen molar-refractivity contribution in [2.45, 2.75) is 64.8 Å². The van der Waals surface area contributed by atoms with Crippen LogP contribution in [0.1, 0.15) is 59.3 Å². The fourth-order valence-electron chi connectivity index (χ4n) is 2.90. The van der Waals surface area contributed by atoms with E-state index in [1.807, 2.05) is 13.8 Å². The summed E-state index contributed by atoms with van der Waals surface area (Å²) >= 11 is 0. The lowest BCUT2D eigenvalue weighted by Gasteiger charge is -2.41. The van der Waals surface area contributed by atoms with Crippen molar-refractivity contribution >= 4 is 5.91 Å². The van der Waals surface area contributed by atoms with E-state index < -0.39 is 11.0 Å². The Hall–Kier alpha value is -0.610. The highest BCUT2D eigenvalue weighted by Gasteiger charge is 2.42. The van der Waals surface area contributed by atoms with Crippen molar-refractivity contribution in [2.24, 2.45) is 17.1 Å². The molecule has 0 aromatic rings. The Bertz CT molecular complexity index is 284. The number of aliphatic hydroxyl groups excluding tert-OH is 1. The van der Waals surface area contributed by atoms with E-state index in [9.17, 15) is 9.90 Å². The second-order valence-corrected chi connectivity index (χ2v) is 6.27. The summed E-state index contributed by atoms with van der Waals surface area (Å²) in [5.41, 5.74) is 5.00. The van der Waals surface area contributed by atoms with E-state index in [4.69, 9.17) is 5.73 Å². The van der Waals surface area contributed by atoms with E-state index in [0.29, 0.717) is 12.5 Å². The summed E-state index contributed by atoms with van der Waals surface area (Å²) in [6.45, 7) is 6.62. The van der Waals surface area contributed by atoms with Gasteiger partial charge in [-0.2, -0.15) is 0 Å². The van der Waals surface area contributed by atoms with E-state index in [1.165, 1.54) is 0 Å². The molecule has 0 heterocycles. The van der Waals surface area contributed by atoms with Crippen molar-refractivity contribution in [2.75, 3.05) is 13.2 Å². The lowest BCUT2D eigenvalue weighted by Crippen LogP contribution is -2.57. The SMILES string of the molecule is CCC(CC)(CO)NC(=O)C1(CN)CCC(C)CC1. The molecule has 4 N–H and O–H groups in total. The van der Waals surface area contributed by atoms with E-state index in [-0.39, 0.29) is 12.5 Å². The molecule has 0 aromatic carbocycles. The molecule has 0 spiro atoms. The van der Waals surface area contributed by atoms with Gasteiger partial charge in [-0.15, -0.1) is 0 Å². The monoisotopic (exact) mass is 270 g/mol. The maximum absolute atomic E-state index is 12.6. The topological polar surface area (TPSA) is 75.3 Å². The van der Waals surface area contributed by atoms with Crippen LogP contribution in [-0.2, 0) is 4.79 Å². The summed E-state index contributed by atoms with van der Waals surface area (Å²) in [6, 6.07) is 0. The predicted octanol–water partition coefficient (Wildman–Crippen LogP) is 1.81. The molecule has 0 atom stereocenters. The van der Waals surface area contributed by atoms with Crippen LogP contribution in [0.5, 0.6) is 0 Å². The lowest BCUT2D eigenvalue weighted by molar-refractivity contribution is -0.135. The Morgan fingerprint density at radius 3 is 2.26 bits per heavy atom. The minimum absolute atomic E-state index is 0.0111. The molecule has 0 aliphatic heterocycles. The molecule has 0 saturated heterocycles. The van der Waals surface area contributed by atoms with Gasteiger partial charge in [0.15, 0.2) is 0 Å². The van der Waals surface area contributed by atoms with Crippen LogP contribution in [0, 0.1) is 11.3 Å². The highest BCUT2D eigenvalue weighted by molar-refractivity contribution is 5.83. The first kappa shape index (κ1) is 16.4. The number of amides is 1. The van der Waals surface area contributed by atoms with Gasteiger partial charge >= 0.3 is 0 Å². The highest BCUT2D eigenvalue weighted by Crippen LogP contribution is 2.38. The number of nitrogens with one attached hydrogen (secondary N) is 1. The molecule has 4 nitrogen and oxygen atoms in total. The maximum atomic E-state index is 12.6. The third kappa shape index (κ3) is 3.48. The Kier molecular flexibility index (Phi) is 5.81. The quantitative estimate of drug-likeness (QED) is 0.689. The van der Waals surface area contributed by atoms with Gasteiger partial charge in [0.05, 0.1) is 17.6 Å². The Morgan fingerprint density at radius 2 is 1.89 bits per heavy atom. The molecule has 1 amide bonds. The largest absolute Gasteiger partial charge is 0.394 e. The van der Waals surface area contributed by atoms with Gasteiger partial charge in [0.1, 0.15) is 0 Å². The molecule has 1 rings (SSSR count). The fourth-order valence-corrected chi connectivity index (χ4v) is 2.90. The normalized spacial score (nSPS) is 28.2. The molecule has 112 valence electrons. The Labute approximate surface area is 117 Å². The van der Waals surface area contributed by atoms with Crippen LogP contribution in [0.3, 0.4) is 0 Å². The average molecular weight is 270 g/mol. The van der Waals surface area contributed by atoms with Crippen LogP contribution in [0.25, 0.3) is 0 Å². The van der Waals surface area contributed by atoms with Gasteiger partial charge in [-0.3, -0.25) is 4.79 Å². The first-order valence-corrected chi connectivity index (χ1v) is 7.61. The lowest BCUT2D eigenvalue weighted by atomic mass is 9.70. The second kappa shape index (κ2) is 6.71. The van der Waals surface area contributed by atoms with Crippen molar-refractivity contribution < 1.29 is 9.90 Å². The van der Waals surface area contributed by atoms with Gasteiger partial charge in [-0.1, -0.05) is 20.8 Å². The third-order valence-electron chi connectivity index (χ3n) is 5.14. The van der Waals surface area contributed by atoms with Crippen LogP contribution < -0.4 is 11.1 Å². The predicted molar refractivity (Wildman–Crippen MR) is 77.7 cm³/mol. The summed E-state index contributed by atoms with van der Waals surface area (Å²) in [4.78, 5) is 12.6. The standard InChI is InChI=1S/C15H30N2O2/c1-4-15(5-2,11-18)17-13(19)14(10-16)8-6-12(3)7-9-14/h12,18H,4-11,16H2,1-3H3,(H,17,19). The number of nitrogens with two attached hydrogens (primary N) is 1. The fraction of sp³-hybridized carbons (Fsp3) is 0.933. The maximum Gasteiger partial charge on any atom is 0.228 e. The van der Waals surface area contributed by atoms with Crippen LogP contribution in [0.15, 0.2) is 0 Å². The van der Waals surface area contributed by atoms with Crippen molar-refractivity contribution in [1.29, 1.82) is 0 Å². The van der Waals surface area contributed by atoms with Gasteiger partial charge in [-0.25, -0.2) is 0 Å². The Morgan fingerprint density at radius 1 is 1.37 bits per heavy atom. The number of carbonyl (C=O) groups is 1. The van der Waals surface area contributed by atoms with Gasteiger partial charge in [0.2, 0.25) is 5.91 Å². The zero-order valence-corrected chi connectivity index (χ0v) is 12.7. The molecule has 1 saturated carbocycles. The number of hydrogen-bond donors (Lipinski definition) is 3. The molecular formula is C15H30N2O2. The molecule has 4 heteroatoms. The highest BCUT2D eigenvalue weighted by atomic mass is 16.3. The summed E-state index contributed by atoms with van der Waals surface area (Å²) in [5.74, 6) is 0.729. The van der Waals surface area contributed by atoms with Crippen LogP contribution >= 0.6 is 0 Å². The molecule has 1 fully saturated rings. The molecule has 0 aromatic heterocycles. The van der Waals surface area contributed by atoms with Crippen molar-refractivity contribution in [3.8, 4) is 0 Å². The van der Waals surface area contributed by atoms with Crippen molar-refractivity contribution in [1.82, 2.24) is 5.32 Å². The summed E-state index contributed by atoms with van der Waals surface area (Å²) in [7, 11) is 0. The number of rotatable bonds is 6. The van der Waals surface area contributed by atoms with Crippen LogP contribution in [0.4, 0.5) is 0 Å². The molecular weight excluding hydrogens is 240 g/mol. The summed E-state index contributed by atoms with van der Waals surface area (Å²) in [6.07, 6.45) is 5.34. The van der Waals surface area contributed by atoms with E-state index in [1.54, 1.807) is 0 Å². The third-order valence-corrected chi connectivity index (χ3v) is 5.14. The van der Waals surface area contributed by atoms with Gasteiger partial charge in [-0.05, 0) is 44.4 Å². The summed E-state index contributed by atoms with van der Waals surface area (Å²) in [5, 5.41) is 12.7. The number of hydrogen-bond acceptors (Lipinski definition) is 3. The molecule has 1 aliphatic rings. The molecule has 19 heavy (non-hydrogen) atoms.